The molecule has 0 bridgehead atoms. The number of rotatable bonds is 4. The fourth-order valence-corrected chi connectivity index (χ4v) is 3.81. The van der Waals surface area contributed by atoms with Gasteiger partial charge < -0.3 is 0 Å². The maximum atomic E-state index is 4.26. The van der Waals surface area contributed by atoms with Crippen LogP contribution in [-0.2, 0) is 0 Å². The minimum absolute atomic E-state index is 0.991. The van der Waals surface area contributed by atoms with Gasteiger partial charge in [0.25, 0.3) is 0 Å². The molecule has 0 radical (unpaired) electrons. The third-order valence-corrected chi connectivity index (χ3v) is 4.67. The number of thiazole rings is 1. The molecule has 0 N–H and O–H groups in total. The molecule has 0 spiro atoms. The molecule has 88 valence electrons. The van der Waals surface area contributed by atoms with Crippen molar-refractivity contribution in [1.29, 1.82) is 0 Å². The molecule has 0 unspecified atom stereocenters. The summed E-state index contributed by atoms with van der Waals surface area (Å²) in [4.78, 5) is 0.991. The van der Waals surface area contributed by atoms with Crippen LogP contribution in [0.3, 0.4) is 0 Å². The van der Waals surface area contributed by atoms with Gasteiger partial charge in [0.05, 0.1) is 10.2 Å². The van der Waals surface area contributed by atoms with E-state index in [1.54, 1.807) is 23.1 Å². The van der Waals surface area contributed by atoms with Crippen molar-refractivity contribution in [2.45, 2.75) is 24.9 Å². The first-order valence-corrected chi connectivity index (χ1v) is 7.56. The van der Waals surface area contributed by atoms with E-state index < -0.39 is 0 Å². The third kappa shape index (κ3) is 1.93. The highest BCUT2D eigenvalue weighted by Crippen LogP contribution is 2.29. The summed E-state index contributed by atoms with van der Waals surface area (Å²) >= 11 is 3.49. The monoisotopic (exact) mass is 263 g/mol. The number of nitrogens with zero attached hydrogens (tertiary/aromatic N) is 3. The van der Waals surface area contributed by atoms with E-state index in [1.807, 2.05) is 0 Å². The Morgan fingerprint density at radius 3 is 3.06 bits per heavy atom. The minimum Gasteiger partial charge on any atom is -0.260 e. The van der Waals surface area contributed by atoms with Crippen LogP contribution >= 0.6 is 23.1 Å². The van der Waals surface area contributed by atoms with Gasteiger partial charge in [-0.15, -0.1) is 10.2 Å². The Balaban J connectivity index is 2.06. The van der Waals surface area contributed by atoms with E-state index in [0.717, 1.165) is 15.9 Å². The van der Waals surface area contributed by atoms with Crippen LogP contribution in [0.15, 0.2) is 29.4 Å². The molecule has 2 heterocycles. The van der Waals surface area contributed by atoms with Gasteiger partial charge in [-0.1, -0.05) is 48.6 Å². The van der Waals surface area contributed by atoms with Crippen molar-refractivity contribution >= 4 is 38.3 Å². The molecule has 3 aromatic rings. The summed E-state index contributed by atoms with van der Waals surface area (Å²) in [6.07, 6.45) is 2.45. The average molecular weight is 263 g/mol. The smallest absolute Gasteiger partial charge is 0.217 e. The summed E-state index contributed by atoms with van der Waals surface area (Å²) < 4.78 is 3.44. The van der Waals surface area contributed by atoms with E-state index in [1.165, 1.54) is 23.1 Å². The van der Waals surface area contributed by atoms with Gasteiger partial charge in [0.1, 0.15) is 0 Å². The molecule has 0 aliphatic heterocycles. The van der Waals surface area contributed by atoms with Crippen LogP contribution in [0.5, 0.6) is 0 Å². The number of benzene rings is 1. The van der Waals surface area contributed by atoms with Gasteiger partial charge in [0.2, 0.25) is 4.96 Å². The van der Waals surface area contributed by atoms with Crippen molar-refractivity contribution in [1.82, 2.24) is 14.6 Å². The van der Waals surface area contributed by atoms with Gasteiger partial charge in [0, 0.05) is 5.75 Å². The van der Waals surface area contributed by atoms with Crippen LogP contribution in [-0.4, -0.2) is 20.4 Å². The highest BCUT2D eigenvalue weighted by Gasteiger charge is 2.11. The summed E-state index contributed by atoms with van der Waals surface area (Å²) in [6, 6.07) is 8.39. The number of para-hydroxylation sites is 1. The normalized spacial score (nSPS) is 11.6. The van der Waals surface area contributed by atoms with Crippen LogP contribution in [0, 0.1) is 0 Å². The first kappa shape index (κ1) is 11.0. The first-order valence-electron chi connectivity index (χ1n) is 5.75. The van der Waals surface area contributed by atoms with Crippen LogP contribution in [0.4, 0.5) is 0 Å². The molecule has 0 aliphatic carbocycles. The molecule has 0 saturated heterocycles. The Labute approximate surface area is 108 Å². The molecule has 5 heteroatoms. The summed E-state index contributed by atoms with van der Waals surface area (Å²) in [5.74, 6) is 1.11. The van der Waals surface area contributed by atoms with Crippen LogP contribution in [0.1, 0.15) is 19.8 Å². The summed E-state index contributed by atoms with van der Waals surface area (Å²) in [5, 5.41) is 9.53. The minimum atomic E-state index is 0.991. The van der Waals surface area contributed by atoms with Gasteiger partial charge in [-0.2, -0.15) is 0 Å². The number of thioether (sulfide) groups is 1. The quantitative estimate of drug-likeness (QED) is 0.529. The lowest BCUT2D eigenvalue weighted by Crippen LogP contribution is -1.86. The number of aromatic nitrogens is 3. The molecular formula is C12H13N3S2. The van der Waals surface area contributed by atoms with E-state index in [4.69, 9.17) is 0 Å². The standard InChI is InChI=1S/C12H13N3S2/c1-2-3-8-16-11-13-14-12-15(11)9-6-4-5-7-10(9)17-12/h4-7H,2-3,8H2,1H3. The predicted octanol–water partition coefficient (Wildman–Crippen LogP) is 3.84. The van der Waals surface area contributed by atoms with Crippen molar-refractivity contribution in [2.24, 2.45) is 0 Å². The molecule has 1 aromatic carbocycles. The zero-order valence-electron chi connectivity index (χ0n) is 9.59. The fraction of sp³-hybridized carbons (Fsp3) is 0.333. The molecule has 3 rings (SSSR count). The van der Waals surface area contributed by atoms with Crippen molar-refractivity contribution in [3.8, 4) is 0 Å². The fourth-order valence-electron chi connectivity index (χ4n) is 1.76. The van der Waals surface area contributed by atoms with Crippen LogP contribution in [0.2, 0.25) is 0 Å². The van der Waals surface area contributed by atoms with Crippen molar-refractivity contribution in [3.05, 3.63) is 24.3 Å². The Kier molecular flexibility index (Phi) is 3.03. The average Bonchev–Trinajstić information content (AvgIpc) is 2.89. The number of unbranched alkanes of at least 4 members (excludes halogenated alkanes) is 1. The van der Waals surface area contributed by atoms with Crippen molar-refractivity contribution in [3.63, 3.8) is 0 Å². The second-order valence-corrected chi connectivity index (χ2v) is 5.94. The lowest BCUT2D eigenvalue weighted by molar-refractivity contribution is 0.885. The second-order valence-electron chi connectivity index (χ2n) is 3.87. The van der Waals surface area contributed by atoms with Crippen molar-refractivity contribution in [2.75, 3.05) is 5.75 Å². The lowest BCUT2D eigenvalue weighted by Gasteiger charge is -1.97. The zero-order valence-corrected chi connectivity index (χ0v) is 11.2. The van der Waals surface area contributed by atoms with Crippen molar-refractivity contribution < 1.29 is 0 Å². The van der Waals surface area contributed by atoms with Gasteiger partial charge in [-0.05, 0) is 18.6 Å². The van der Waals surface area contributed by atoms with Gasteiger partial charge >= 0.3 is 0 Å². The third-order valence-electron chi connectivity index (χ3n) is 2.64. The maximum Gasteiger partial charge on any atom is 0.217 e. The largest absolute Gasteiger partial charge is 0.260 e. The van der Waals surface area contributed by atoms with Gasteiger partial charge in [-0.25, -0.2) is 0 Å². The van der Waals surface area contributed by atoms with Gasteiger partial charge in [0.15, 0.2) is 5.16 Å². The van der Waals surface area contributed by atoms with Crippen LogP contribution < -0.4 is 0 Å². The van der Waals surface area contributed by atoms with Crippen LogP contribution in [0.25, 0.3) is 15.2 Å². The Hall–Kier alpha value is -1.07. The second kappa shape index (κ2) is 4.66. The molecule has 0 aliphatic rings. The molecule has 3 nitrogen and oxygen atoms in total. The Morgan fingerprint density at radius 2 is 2.18 bits per heavy atom. The highest BCUT2D eigenvalue weighted by molar-refractivity contribution is 7.99. The van der Waals surface area contributed by atoms with E-state index in [0.29, 0.717) is 0 Å². The molecule has 0 saturated carbocycles. The number of hydrogen-bond acceptors (Lipinski definition) is 4. The number of fused-ring (bicyclic) bond motifs is 3. The molecule has 17 heavy (non-hydrogen) atoms. The molecular weight excluding hydrogens is 250 g/mol. The molecule has 2 aromatic heterocycles. The summed E-state index contributed by atoms with van der Waals surface area (Å²) in [5.41, 5.74) is 1.22. The van der Waals surface area contributed by atoms with E-state index in [9.17, 15) is 0 Å². The lowest BCUT2D eigenvalue weighted by atomic mass is 10.3. The van der Waals surface area contributed by atoms with E-state index >= 15 is 0 Å². The SMILES string of the molecule is CCCCSc1nnc2sc3ccccc3n12. The maximum absolute atomic E-state index is 4.26. The summed E-state index contributed by atoms with van der Waals surface area (Å²) in [6.45, 7) is 2.21. The predicted molar refractivity (Wildman–Crippen MR) is 74.0 cm³/mol. The Morgan fingerprint density at radius 1 is 1.29 bits per heavy atom. The molecule has 0 atom stereocenters. The Bertz CT molecular complexity index is 641. The topological polar surface area (TPSA) is 30.2 Å². The van der Waals surface area contributed by atoms with E-state index in [2.05, 4.69) is 45.8 Å². The molecule has 0 amide bonds. The first-order chi connectivity index (χ1) is 8.40. The number of hydrogen-bond donors (Lipinski definition) is 0. The molecule has 0 fully saturated rings. The van der Waals surface area contributed by atoms with Gasteiger partial charge in [-0.3, -0.25) is 4.40 Å². The zero-order chi connectivity index (χ0) is 11.7. The summed E-state index contributed by atoms with van der Waals surface area (Å²) in [7, 11) is 0. The van der Waals surface area contributed by atoms with E-state index in [-0.39, 0.29) is 0 Å². The highest BCUT2D eigenvalue weighted by atomic mass is 32.2.